The van der Waals surface area contributed by atoms with Crippen molar-refractivity contribution >= 4 is 22.9 Å². The molecule has 0 aliphatic carbocycles. The molecule has 3 rings (SSSR count). The Balaban J connectivity index is 1.79. The number of nitrogens with two attached hydrogens (primary N) is 1. The molecule has 2 aromatic heterocycles. The van der Waals surface area contributed by atoms with Crippen LogP contribution in [0.1, 0.15) is 21.5 Å². The zero-order valence-electron chi connectivity index (χ0n) is 12.6. The quantitative estimate of drug-likeness (QED) is 0.574. The second-order valence-corrected chi connectivity index (χ2v) is 5.26. The Hall–Kier alpha value is -3.09. The number of hydrogen-bond acceptors (Lipinski definition) is 4. The molecule has 7 nitrogen and oxygen atoms in total. The fraction of sp³-hybridized carbons (Fsp3) is 0.188. The number of nitrogens with zero attached hydrogens (tertiary/aromatic N) is 1. The van der Waals surface area contributed by atoms with Gasteiger partial charge < -0.3 is 16.0 Å². The van der Waals surface area contributed by atoms with Crippen molar-refractivity contribution in [1.29, 1.82) is 0 Å². The molecule has 0 saturated heterocycles. The maximum absolute atomic E-state index is 12.0. The van der Waals surface area contributed by atoms with E-state index in [2.05, 4.69) is 20.3 Å². The van der Waals surface area contributed by atoms with E-state index in [0.29, 0.717) is 23.0 Å². The Morgan fingerprint density at radius 3 is 2.70 bits per heavy atom. The third-order valence-electron chi connectivity index (χ3n) is 3.77. The van der Waals surface area contributed by atoms with E-state index < -0.39 is 0 Å². The smallest absolute Gasteiger partial charge is 0.262 e. The van der Waals surface area contributed by atoms with Crippen LogP contribution in [0.3, 0.4) is 0 Å². The number of benzene rings is 1. The number of aromatic amines is 2. The number of amides is 1. The van der Waals surface area contributed by atoms with Gasteiger partial charge in [0.05, 0.1) is 5.39 Å². The Morgan fingerprint density at radius 2 is 2.00 bits per heavy atom. The Labute approximate surface area is 131 Å². The van der Waals surface area contributed by atoms with E-state index >= 15 is 0 Å². The molecule has 3 aromatic rings. The van der Waals surface area contributed by atoms with E-state index in [4.69, 9.17) is 5.73 Å². The third kappa shape index (κ3) is 2.94. The van der Waals surface area contributed by atoms with E-state index in [9.17, 15) is 9.59 Å². The average molecular weight is 311 g/mol. The summed E-state index contributed by atoms with van der Waals surface area (Å²) >= 11 is 0. The fourth-order valence-electron chi connectivity index (χ4n) is 2.56. The molecule has 23 heavy (non-hydrogen) atoms. The van der Waals surface area contributed by atoms with E-state index in [0.717, 1.165) is 17.5 Å². The highest BCUT2D eigenvalue weighted by atomic mass is 16.1. The maximum Gasteiger partial charge on any atom is 0.262 e. The van der Waals surface area contributed by atoms with Gasteiger partial charge in [0.25, 0.3) is 11.5 Å². The first-order chi connectivity index (χ1) is 11.1. The van der Waals surface area contributed by atoms with Crippen LogP contribution in [0.2, 0.25) is 0 Å². The highest BCUT2D eigenvalue weighted by Gasteiger charge is 2.10. The fourth-order valence-corrected chi connectivity index (χ4v) is 2.56. The van der Waals surface area contributed by atoms with Crippen molar-refractivity contribution in [2.24, 2.45) is 0 Å². The van der Waals surface area contributed by atoms with Gasteiger partial charge in [0, 0.05) is 18.8 Å². The van der Waals surface area contributed by atoms with Crippen molar-refractivity contribution in [2.45, 2.75) is 12.8 Å². The summed E-state index contributed by atoms with van der Waals surface area (Å²) in [6, 6.07) is 7.41. The summed E-state index contributed by atoms with van der Waals surface area (Å²) < 4.78 is 0. The van der Waals surface area contributed by atoms with Gasteiger partial charge in [-0.15, -0.1) is 0 Å². The van der Waals surface area contributed by atoms with Gasteiger partial charge in [0.15, 0.2) is 0 Å². The molecule has 0 aliphatic heterocycles. The van der Waals surface area contributed by atoms with Gasteiger partial charge in [-0.05, 0) is 36.1 Å². The van der Waals surface area contributed by atoms with Gasteiger partial charge in [0.2, 0.25) is 5.95 Å². The van der Waals surface area contributed by atoms with Crippen LogP contribution < -0.4 is 16.6 Å². The van der Waals surface area contributed by atoms with Crippen LogP contribution in [0.4, 0.5) is 5.95 Å². The molecule has 0 atom stereocenters. The number of fused-ring (bicyclic) bond motifs is 1. The largest absolute Gasteiger partial charge is 0.369 e. The number of nitrogens with one attached hydrogen (secondary N) is 3. The minimum atomic E-state index is -0.237. The van der Waals surface area contributed by atoms with E-state index in [1.807, 2.05) is 12.1 Å². The number of nitrogen functional groups attached to an aromatic ring is 1. The summed E-state index contributed by atoms with van der Waals surface area (Å²) in [4.78, 5) is 33.1. The molecule has 5 N–H and O–H groups in total. The molecular weight excluding hydrogens is 294 g/mol. The van der Waals surface area contributed by atoms with Crippen LogP contribution in [0, 0.1) is 0 Å². The number of aryl methyl sites for hydroxylation is 2. The normalized spacial score (nSPS) is 10.8. The number of carbonyl (C=O) groups is 1. The van der Waals surface area contributed by atoms with E-state index in [1.165, 1.54) is 0 Å². The minimum absolute atomic E-state index is 0.0979. The standard InChI is InChI=1S/C16H17N5O2/c1-18-14(22)10-5-2-9(3-6-10)4-7-11-8-19-13-12(11)15(23)21-16(17)20-13/h2-3,5-6,8H,4,7H2,1H3,(H,18,22)(H4,17,19,20,21,23). The highest BCUT2D eigenvalue weighted by Crippen LogP contribution is 2.15. The molecule has 7 heteroatoms. The zero-order valence-corrected chi connectivity index (χ0v) is 12.6. The third-order valence-corrected chi connectivity index (χ3v) is 3.77. The lowest BCUT2D eigenvalue weighted by atomic mass is 10.0. The molecule has 0 fully saturated rings. The SMILES string of the molecule is CNC(=O)c1ccc(CCc2c[nH]c3nc(N)[nH]c(=O)c23)cc1. The molecule has 0 radical (unpaired) electrons. The zero-order chi connectivity index (χ0) is 16.4. The van der Waals surface area contributed by atoms with Gasteiger partial charge in [-0.1, -0.05) is 12.1 Å². The first-order valence-electron chi connectivity index (χ1n) is 7.25. The highest BCUT2D eigenvalue weighted by molar-refractivity contribution is 5.93. The summed E-state index contributed by atoms with van der Waals surface area (Å²) in [5.41, 5.74) is 8.40. The van der Waals surface area contributed by atoms with Crippen molar-refractivity contribution in [2.75, 3.05) is 12.8 Å². The van der Waals surface area contributed by atoms with Crippen molar-refractivity contribution < 1.29 is 4.79 Å². The van der Waals surface area contributed by atoms with Crippen LogP contribution >= 0.6 is 0 Å². The summed E-state index contributed by atoms with van der Waals surface area (Å²) in [6.07, 6.45) is 3.23. The van der Waals surface area contributed by atoms with Gasteiger partial charge >= 0.3 is 0 Å². The number of rotatable bonds is 4. The molecule has 1 amide bonds. The first-order valence-corrected chi connectivity index (χ1v) is 7.25. The Kier molecular flexibility index (Phi) is 3.84. The van der Waals surface area contributed by atoms with Crippen LogP contribution in [0.5, 0.6) is 0 Å². The molecule has 118 valence electrons. The Bertz CT molecular complexity index is 908. The molecule has 2 heterocycles. The molecule has 1 aromatic carbocycles. The molecule has 0 bridgehead atoms. The van der Waals surface area contributed by atoms with Gasteiger partial charge in [0.1, 0.15) is 5.65 Å². The molecule has 0 spiro atoms. The molecular formula is C16H17N5O2. The lowest BCUT2D eigenvalue weighted by Crippen LogP contribution is -2.17. The van der Waals surface area contributed by atoms with E-state index in [-0.39, 0.29) is 17.4 Å². The topological polar surface area (TPSA) is 117 Å². The lowest BCUT2D eigenvalue weighted by Gasteiger charge is -2.03. The second-order valence-electron chi connectivity index (χ2n) is 5.26. The van der Waals surface area contributed by atoms with Gasteiger partial charge in [-0.25, -0.2) is 0 Å². The molecule has 0 aliphatic rings. The monoisotopic (exact) mass is 311 g/mol. The molecule has 0 unspecified atom stereocenters. The number of H-pyrrole nitrogens is 2. The van der Waals surface area contributed by atoms with Crippen LogP contribution in [-0.4, -0.2) is 27.9 Å². The van der Waals surface area contributed by atoms with Crippen LogP contribution in [-0.2, 0) is 12.8 Å². The summed E-state index contributed by atoms with van der Waals surface area (Å²) in [6.45, 7) is 0. The summed E-state index contributed by atoms with van der Waals surface area (Å²) in [5.74, 6) is -0.0101. The first kappa shape index (κ1) is 14.8. The number of hydrogen-bond donors (Lipinski definition) is 4. The molecule has 0 saturated carbocycles. The van der Waals surface area contributed by atoms with Crippen LogP contribution in [0.15, 0.2) is 35.3 Å². The van der Waals surface area contributed by atoms with Crippen molar-refractivity contribution in [3.05, 3.63) is 57.5 Å². The lowest BCUT2D eigenvalue weighted by molar-refractivity contribution is 0.0963. The number of anilines is 1. The maximum atomic E-state index is 12.0. The summed E-state index contributed by atoms with van der Waals surface area (Å²) in [7, 11) is 1.60. The van der Waals surface area contributed by atoms with Crippen LogP contribution in [0.25, 0.3) is 11.0 Å². The predicted octanol–water partition coefficient (Wildman–Crippen LogP) is 0.978. The second kappa shape index (κ2) is 5.96. The van der Waals surface area contributed by atoms with Crippen molar-refractivity contribution in [1.82, 2.24) is 20.3 Å². The average Bonchev–Trinajstić information content (AvgIpc) is 2.95. The minimum Gasteiger partial charge on any atom is -0.369 e. The number of aromatic nitrogens is 3. The van der Waals surface area contributed by atoms with E-state index in [1.54, 1.807) is 25.4 Å². The predicted molar refractivity (Wildman–Crippen MR) is 88.4 cm³/mol. The Morgan fingerprint density at radius 1 is 1.26 bits per heavy atom. The van der Waals surface area contributed by atoms with Gasteiger partial charge in [-0.2, -0.15) is 4.98 Å². The van der Waals surface area contributed by atoms with Gasteiger partial charge in [-0.3, -0.25) is 14.6 Å². The number of carbonyl (C=O) groups excluding carboxylic acids is 1. The van der Waals surface area contributed by atoms with Crippen molar-refractivity contribution in [3.63, 3.8) is 0 Å². The summed E-state index contributed by atoms with van der Waals surface area (Å²) in [5, 5.41) is 3.13. The van der Waals surface area contributed by atoms with Crippen molar-refractivity contribution in [3.8, 4) is 0 Å².